The van der Waals surface area contributed by atoms with Crippen LogP contribution in [0.3, 0.4) is 0 Å². The highest BCUT2D eigenvalue weighted by molar-refractivity contribution is 5.83. The Labute approximate surface area is 114 Å². The van der Waals surface area contributed by atoms with E-state index < -0.39 is 0 Å². The predicted octanol–water partition coefficient (Wildman–Crippen LogP) is 0.113. The summed E-state index contributed by atoms with van der Waals surface area (Å²) < 4.78 is 0. The van der Waals surface area contributed by atoms with Gasteiger partial charge in [0.25, 0.3) is 0 Å². The van der Waals surface area contributed by atoms with Crippen LogP contribution in [0.5, 0.6) is 0 Å². The van der Waals surface area contributed by atoms with Crippen LogP contribution >= 0.6 is 0 Å². The first-order chi connectivity index (χ1) is 9.22. The fourth-order valence-electron chi connectivity index (χ4n) is 3.15. The maximum absolute atomic E-state index is 12.0. The molecule has 0 bridgehead atoms. The van der Waals surface area contributed by atoms with Crippen LogP contribution in [-0.4, -0.2) is 48.9 Å². The number of amides is 2. The molecule has 2 atom stereocenters. The highest BCUT2D eigenvalue weighted by atomic mass is 16.2. The van der Waals surface area contributed by atoms with Gasteiger partial charge in [-0.1, -0.05) is 0 Å². The molecule has 2 saturated heterocycles. The van der Waals surface area contributed by atoms with Gasteiger partial charge in [0.1, 0.15) is 0 Å². The zero-order valence-electron chi connectivity index (χ0n) is 11.4. The van der Waals surface area contributed by atoms with E-state index in [0.29, 0.717) is 25.3 Å². The first-order valence-electron chi connectivity index (χ1n) is 7.51. The highest BCUT2D eigenvalue weighted by Gasteiger charge is 2.34. The van der Waals surface area contributed by atoms with Crippen molar-refractivity contribution in [2.75, 3.05) is 26.2 Å². The molecule has 0 spiro atoms. The van der Waals surface area contributed by atoms with Crippen LogP contribution in [0.25, 0.3) is 0 Å². The summed E-state index contributed by atoms with van der Waals surface area (Å²) in [5.41, 5.74) is 0. The van der Waals surface area contributed by atoms with Gasteiger partial charge in [0.2, 0.25) is 11.8 Å². The van der Waals surface area contributed by atoms with E-state index in [0.717, 1.165) is 19.1 Å². The van der Waals surface area contributed by atoms with Crippen LogP contribution < -0.4 is 10.6 Å². The van der Waals surface area contributed by atoms with Crippen molar-refractivity contribution < 1.29 is 9.59 Å². The lowest BCUT2D eigenvalue weighted by Crippen LogP contribution is -2.44. The van der Waals surface area contributed by atoms with Crippen molar-refractivity contribution in [3.63, 3.8) is 0 Å². The summed E-state index contributed by atoms with van der Waals surface area (Å²) in [6.45, 7) is 3.65. The molecule has 19 heavy (non-hydrogen) atoms. The second-order valence-electron chi connectivity index (χ2n) is 6.17. The minimum Gasteiger partial charge on any atom is -0.355 e. The summed E-state index contributed by atoms with van der Waals surface area (Å²) in [6, 6.07) is 0.842. The van der Waals surface area contributed by atoms with Gasteiger partial charge < -0.3 is 15.5 Å². The molecule has 2 amide bonds. The van der Waals surface area contributed by atoms with E-state index >= 15 is 0 Å². The molecule has 2 aliphatic heterocycles. The number of nitrogens with zero attached hydrogens (tertiary/aromatic N) is 1. The third-order valence-corrected chi connectivity index (χ3v) is 4.58. The van der Waals surface area contributed by atoms with Gasteiger partial charge in [0.05, 0.1) is 5.92 Å². The van der Waals surface area contributed by atoms with Crippen molar-refractivity contribution in [3.8, 4) is 0 Å². The lowest BCUT2D eigenvalue weighted by Gasteiger charge is -2.22. The fourth-order valence-corrected chi connectivity index (χ4v) is 3.15. The predicted molar refractivity (Wildman–Crippen MR) is 71.4 cm³/mol. The van der Waals surface area contributed by atoms with Crippen LogP contribution in [0.15, 0.2) is 0 Å². The first kappa shape index (κ1) is 12.9. The zero-order chi connectivity index (χ0) is 13.2. The van der Waals surface area contributed by atoms with Crippen molar-refractivity contribution in [3.05, 3.63) is 0 Å². The van der Waals surface area contributed by atoms with Crippen LogP contribution in [-0.2, 0) is 9.59 Å². The topological polar surface area (TPSA) is 61.4 Å². The molecule has 5 nitrogen and oxygen atoms in total. The number of carbonyl (C=O) groups excluding carboxylic acids is 2. The zero-order valence-corrected chi connectivity index (χ0v) is 11.4. The number of likely N-dealkylation sites (tertiary alicyclic amines) is 1. The Morgan fingerprint density at radius 1 is 1.32 bits per heavy atom. The van der Waals surface area contributed by atoms with Gasteiger partial charge in [0, 0.05) is 32.1 Å². The third kappa shape index (κ3) is 3.26. The maximum Gasteiger partial charge on any atom is 0.224 e. The molecule has 3 fully saturated rings. The lowest BCUT2D eigenvalue weighted by molar-refractivity contribution is -0.129. The Bertz CT molecular complexity index is 358. The highest BCUT2D eigenvalue weighted by Crippen LogP contribution is 2.31. The van der Waals surface area contributed by atoms with E-state index in [2.05, 4.69) is 15.5 Å². The standard InChI is InChI=1S/C14H23N3O2/c18-13-4-1-11(8-15-13)14(19)16-7-10-5-6-17(9-10)12-2-3-12/h10-12H,1-9H2,(H,15,18)(H,16,19). The molecular formula is C14H23N3O2. The summed E-state index contributed by atoms with van der Waals surface area (Å²) in [7, 11) is 0. The Hall–Kier alpha value is -1.10. The largest absolute Gasteiger partial charge is 0.355 e. The van der Waals surface area contributed by atoms with Crippen LogP contribution in [0.4, 0.5) is 0 Å². The molecule has 2 N–H and O–H groups in total. The minimum absolute atomic E-state index is 0.0290. The number of hydrogen-bond acceptors (Lipinski definition) is 3. The van der Waals surface area contributed by atoms with E-state index in [4.69, 9.17) is 0 Å². The smallest absolute Gasteiger partial charge is 0.224 e. The molecule has 2 unspecified atom stereocenters. The molecule has 3 aliphatic rings. The second kappa shape index (κ2) is 5.49. The van der Waals surface area contributed by atoms with E-state index in [1.54, 1.807) is 0 Å². The van der Waals surface area contributed by atoms with Crippen LogP contribution in [0, 0.1) is 11.8 Å². The van der Waals surface area contributed by atoms with Gasteiger partial charge in [-0.05, 0) is 38.1 Å². The Balaban J connectivity index is 1.37. The van der Waals surface area contributed by atoms with E-state index in [1.807, 2.05) is 0 Å². The number of hydrogen-bond donors (Lipinski definition) is 2. The van der Waals surface area contributed by atoms with Crippen LogP contribution in [0.2, 0.25) is 0 Å². The second-order valence-corrected chi connectivity index (χ2v) is 6.17. The van der Waals surface area contributed by atoms with Crippen molar-refractivity contribution in [2.24, 2.45) is 11.8 Å². The molecule has 106 valence electrons. The van der Waals surface area contributed by atoms with Gasteiger partial charge in [-0.3, -0.25) is 9.59 Å². The van der Waals surface area contributed by atoms with Gasteiger partial charge in [-0.2, -0.15) is 0 Å². The normalized spacial score (nSPS) is 32.1. The Morgan fingerprint density at radius 2 is 2.16 bits per heavy atom. The monoisotopic (exact) mass is 265 g/mol. The molecule has 0 aromatic rings. The van der Waals surface area contributed by atoms with Crippen molar-refractivity contribution in [1.82, 2.24) is 15.5 Å². The third-order valence-electron chi connectivity index (χ3n) is 4.58. The average molecular weight is 265 g/mol. The Morgan fingerprint density at radius 3 is 2.84 bits per heavy atom. The molecule has 0 radical (unpaired) electrons. The number of carbonyl (C=O) groups is 2. The summed E-state index contributed by atoms with van der Waals surface area (Å²) >= 11 is 0. The van der Waals surface area contributed by atoms with Crippen LogP contribution in [0.1, 0.15) is 32.1 Å². The molecule has 5 heteroatoms. The fraction of sp³-hybridized carbons (Fsp3) is 0.857. The summed E-state index contributed by atoms with van der Waals surface area (Å²) in [6.07, 6.45) is 5.10. The van der Waals surface area contributed by atoms with E-state index in [-0.39, 0.29) is 17.7 Å². The molecule has 3 rings (SSSR count). The molecule has 1 saturated carbocycles. The molecule has 1 aliphatic carbocycles. The molecule has 0 aromatic carbocycles. The quantitative estimate of drug-likeness (QED) is 0.758. The molecule has 0 aromatic heterocycles. The summed E-state index contributed by atoms with van der Waals surface area (Å²) in [4.78, 5) is 25.6. The van der Waals surface area contributed by atoms with Gasteiger partial charge in [0.15, 0.2) is 0 Å². The van der Waals surface area contributed by atoms with Crippen molar-refractivity contribution in [1.29, 1.82) is 0 Å². The molecule has 2 heterocycles. The van der Waals surface area contributed by atoms with Gasteiger partial charge in [-0.25, -0.2) is 0 Å². The molecular weight excluding hydrogens is 242 g/mol. The number of rotatable bonds is 4. The Kier molecular flexibility index (Phi) is 3.73. The lowest BCUT2D eigenvalue weighted by atomic mass is 9.98. The average Bonchev–Trinajstić information content (AvgIpc) is 3.16. The first-order valence-corrected chi connectivity index (χ1v) is 7.51. The van der Waals surface area contributed by atoms with E-state index in [9.17, 15) is 9.59 Å². The van der Waals surface area contributed by atoms with Crippen molar-refractivity contribution >= 4 is 11.8 Å². The summed E-state index contributed by atoms with van der Waals surface area (Å²) in [5, 5.41) is 5.84. The van der Waals surface area contributed by atoms with Gasteiger partial charge in [-0.15, -0.1) is 0 Å². The number of piperidine rings is 1. The minimum atomic E-state index is -0.0290. The number of nitrogens with one attached hydrogen (secondary N) is 2. The van der Waals surface area contributed by atoms with Crippen molar-refractivity contribution in [2.45, 2.75) is 38.1 Å². The van der Waals surface area contributed by atoms with E-state index in [1.165, 1.54) is 25.8 Å². The SMILES string of the molecule is O=C1CCC(C(=O)NCC2CCN(C3CC3)C2)CN1. The summed E-state index contributed by atoms with van der Waals surface area (Å²) in [5.74, 6) is 0.770. The maximum atomic E-state index is 12.0. The van der Waals surface area contributed by atoms with Gasteiger partial charge >= 0.3 is 0 Å².